The minimum Gasteiger partial charge on any atom is -0.330 e. The molecular weight excluding hydrogens is 400 g/mol. The van der Waals surface area contributed by atoms with Crippen molar-refractivity contribution in [3.05, 3.63) is 48.6 Å². The molecule has 0 aliphatic heterocycles. The third-order valence-corrected chi connectivity index (χ3v) is 6.41. The van der Waals surface area contributed by atoms with Gasteiger partial charge in [-0.25, -0.2) is 0 Å². The summed E-state index contributed by atoms with van der Waals surface area (Å²) in [5.41, 5.74) is 0.927. The summed E-state index contributed by atoms with van der Waals surface area (Å²) in [7, 11) is 4.97. The number of nitrogens with one attached hydrogen (secondary N) is 2. The third-order valence-electron chi connectivity index (χ3n) is 6.41. The molecule has 0 spiro atoms. The van der Waals surface area contributed by atoms with Gasteiger partial charge in [-0.3, -0.25) is 0 Å². The van der Waals surface area contributed by atoms with Crippen LogP contribution in [0.2, 0.25) is 0 Å². The summed E-state index contributed by atoms with van der Waals surface area (Å²) < 4.78 is 17.4. The summed E-state index contributed by atoms with van der Waals surface area (Å²) in [5.74, 6) is -1.10. The quantitative estimate of drug-likeness (QED) is 0.144. The largest absolute Gasteiger partial charge is 0.330 e. The standard InChI is InChI=1S/C27H48N2O3/c1-6-8-9-10-11-15-19-26(7-2,27(30-3,31-4)32-5)20-16-21-28-22-23-29-24-25-17-13-12-14-18-25/h7,12-14,17-18,28-29H,2,6,8-11,15-16,19-24H2,1,3-5H3. The fourth-order valence-electron chi connectivity index (χ4n) is 4.50. The molecule has 32 heavy (non-hydrogen) atoms. The van der Waals surface area contributed by atoms with Crippen molar-refractivity contribution in [2.24, 2.45) is 5.41 Å². The average molecular weight is 449 g/mol. The van der Waals surface area contributed by atoms with E-state index in [1.54, 1.807) is 21.3 Å². The predicted octanol–water partition coefficient (Wildman–Crippen LogP) is 5.66. The maximum absolute atomic E-state index is 5.79. The van der Waals surface area contributed by atoms with Crippen LogP contribution in [0, 0.1) is 5.41 Å². The van der Waals surface area contributed by atoms with Gasteiger partial charge in [0.1, 0.15) is 0 Å². The maximum Gasteiger partial charge on any atom is 0.291 e. The fourth-order valence-corrected chi connectivity index (χ4v) is 4.50. The van der Waals surface area contributed by atoms with Crippen LogP contribution in [0.3, 0.4) is 0 Å². The number of rotatable bonds is 21. The summed E-state index contributed by atoms with van der Waals surface area (Å²) in [6, 6.07) is 10.5. The minimum absolute atomic E-state index is 0.386. The molecule has 0 aromatic heterocycles. The minimum atomic E-state index is -1.10. The van der Waals surface area contributed by atoms with Crippen LogP contribution in [-0.4, -0.2) is 46.9 Å². The van der Waals surface area contributed by atoms with Gasteiger partial charge in [-0.1, -0.05) is 81.9 Å². The van der Waals surface area contributed by atoms with E-state index in [0.29, 0.717) is 0 Å². The van der Waals surface area contributed by atoms with Gasteiger partial charge in [-0.2, -0.15) is 0 Å². The van der Waals surface area contributed by atoms with Crippen molar-refractivity contribution in [2.45, 2.75) is 77.2 Å². The van der Waals surface area contributed by atoms with Crippen LogP contribution in [0.4, 0.5) is 0 Å². The third kappa shape index (κ3) is 9.32. The summed E-state index contributed by atoms with van der Waals surface area (Å²) in [6.45, 7) is 10.1. The van der Waals surface area contributed by atoms with Crippen LogP contribution in [0.25, 0.3) is 0 Å². The molecule has 1 unspecified atom stereocenters. The molecule has 0 heterocycles. The summed E-state index contributed by atoms with van der Waals surface area (Å²) >= 11 is 0. The Hall–Kier alpha value is -1.24. The molecule has 1 aromatic rings. The van der Waals surface area contributed by atoms with Gasteiger partial charge in [0.15, 0.2) is 0 Å². The second-order valence-electron chi connectivity index (χ2n) is 8.56. The van der Waals surface area contributed by atoms with E-state index in [0.717, 1.165) is 51.9 Å². The Bertz CT molecular complexity index is 569. The maximum atomic E-state index is 5.79. The Kier molecular flexibility index (Phi) is 15.5. The van der Waals surface area contributed by atoms with Gasteiger partial charge in [0, 0.05) is 41.0 Å². The Morgan fingerprint density at radius 3 is 2.00 bits per heavy atom. The second-order valence-corrected chi connectivity index (χ2v) is 8.56. The molecule has 1 aromatic carbocycles. The topological polar surface area (TPSA) is 51.8 Å². The molecule has 0 aliphatic rings. The predicted molar refractivity (Wildman–Crippen MR) is 135 cm³/mol. The van der Waals surface area contributed by atoms with E-state index in [9.17, 15) is 0 Å². The highest BCUT2D eigenvalue weighted by atomic mass is 16.9. The summed E-state index contributed by atoms with van der Waals surface area (Å²) in [6.07, 6.45) is 12.3. The molecule has 0 saturated heterocycles. The van der Waals surface area contributed by atoms with E-state index < -0.39 is 5.97 Å². The smallest absolute Gasteiger partial charge is 0.291 e. The Labute approximate surface area is 197 Å². The van der Waals surface area contributed by atoms with Crippen LogP contribution in [0.5, 0.6) is 0 Å². The van der Waals surface area contributed by atoms with Gasteiger partial charge < -0.3 is 24.8 Å². The molecule has 0 saturated carbocycles. The van der Waals surface area contributed by atoms with Crippen molar-refractivity contribution in [1.82, 2.24) is 10.6 Å². The van der Waals surface area contributed by atoms with Crippen LogP contribution in [0.1, 0.15) is 70.3 Å². The number of hydrogen-bond acceptors (Lipinski definition) is 5. The van der Waals surface area contributed by atoms with E-state index in [2.05, 4.69) is 48.4 Å². The molecular formula is C27H48N2O3. The number of benzene rings is 1. The summed E-state index contributed by atoms with van der Waals surface area (Å²) in [5, 5.41) is 7.03. The molecule has 0 amide bonds. The van der Waals surface area contributed by atoms with E-state index in [-0.39, 0.29) is 5.41 Å². The molecule has 2 N–H and O–H groups in total. The zero-order valence-corrected chi connectivity index (χ0v) is 21.1. The highest BCUT2D eigenvalue weighted by Gasteiger charge is 2.51. The van der Waals surface area contributed by atoms with E-state index >= 15 is 0 Å². The van der Waals surface area contributed by atoms with Crippen molar-refractivity contribution in [3.8, 4) is 0 Å². The monoisotopic (exact) mass is 448 g/mol. The van der Waals surface area contributed by atoms with Gasteiger partial charge in [-0.15, -0.1) is 6.58 Å². The lowest BCUT2D eigenvalue weighted by atomic mass is 9.75. The number of hydrogen-bond donors (Lipinski definition) is 2. The van der Waals surface area contributed by atoms with E-state index in [4.69, 9.17) is 14.2 Å². The zero-order chi connectivity index (χ0) is 23.5. The van der Waals surface area contributed by atoms with Crippen molar-refractivity contribution in [2.75, 3.05) is 41.0 Å². The van der Waals surface area contributed by atoms with Crippen molar-refractivity contribution < 1.29 is 14.2 Å². The molecule has 0 fully saturated rings. The average Bonchev–Trinajstić information content (AvgIpc) is 2.84. The normalized spacial score (nSPS) is 13.8. The molecule has 1 rings (SSSR count). The van der Waals surface area contributed by atoms with Gasteiger partial charge in [0.25, 0.3) is 5.97 Å². The van der Waals surface area contributed by atoms with Crippen molar-refractivity contribution >= 4 is 0 Å². The first-order valence-corrected chi connectivity index (χ1v) is 12.4. The molecule has 5 nitrogen and oxygen atoms in total. The van der Waals surface area contributed by atoms with Crippen LogP contribution in [-0.2, 0) is 20.8 Å². The Morgan fingerprint density at radius 1 is 0.781 bits per heavy atom. The van der Waals surface area contributed by atoms with Crippen molar-refractivity contribution in [1.29, 1.82) is 0 Å². The highest BCUT2D eigenvalue weighted by molar-refractivity contribution is 5.14. The van der Waals surface area contributed by atoms with Gasteiger partial charge in [0.05, 0.1) is 5.41 Å². The number of unbranched alkanes of at least 4 members (excludes halogenated alkanes) is 5. The lowest BCUT2D eigenvalue weighted by Gasteiger charge is -2.45. The lowest BCUT2D eigenvalue weighted by molar-refractivity contribution is -0.399. The fraction of sp³-hybridized carbons (Fsp3) is 0.704. The van der Waals surface area contributed by atoms with Gasteiger partial charge >= 0.3 is 0 Å². The zero-order valence-electron chi connectivity index (χ0n) is 21.1. The van der Waals surface area contributed by atoms with Gasteiger partial charge in [0.2, 0.25) is 0 Å². The van der Waals surface area contributed by atoms with E-state index in [1.807, 2.05) is 12.1 Å². The molecule has 0 radical (unpaired) electrons. The highest BCUT2D eigenvalue weighted by Crippen LogP contribution is 2.45. The molecule has 5 heteroatoms. The van der Waals surface area contributed by atoms with Crippen LogP contribution < -0.4 is 10.6 Å². The number of ether oxygens (including phenoxy) is 3. The van der Waals surface area contributed by atoms with Crippen LogP contribution in [0.15, 0.2) is 43.0 Å². The lowest BCUT2D eigenvalue weighted by Crippen LogP contribution is -2.52. The molecule has 1 atom stereocenters. The SMILES string of the molecule is C=CC(CCCCCCCC)(CCCNCCNCc1ccccc1)C(OC)(OC)OC. The molecule has 0 bridgehead atoms. The molecule has 0 aliphatic carbocycles. The van der Waals surface area contributed by atoms with E-state index in [1.165, 1.54) is 37.7 Å². The molecule has 184 valence electrons. The first-order valence-electron chi connectivity index (χ1n) is 12.4. The van der Waals surface area contributed by atoms with Gasteiger partial charge in [-0.05, 0) is 31.4 Å². The first kappa shape index (κ1) is 28.8. The second kappa shape index (κ2) is 17.3. The van der Waals surface area contributed by atoms with Crippen LogP contribution >= 0.6 is 0 Å². The Balaban J connectivity index is 2.47. The number of methoxy groups -OCH3 is 3. The first-order chi connectivity index (χ1) is 15.6. The summed E-state index contributed by atoms with van der Waals surface area (Å²) in [4.78, 5) is 0. The Morgan fingerprint density at radius 2 is 1.38 bits per heavy atom. The van der Waals surface area contributed by atoms with Crippen molar-refractivity contribution in [3.63, 3.8) is 0 Å².